The van der Waals surface area contributed by atoms with Gasteiger partial charge in [-0.2, -0.15) is 5.10 Å². The number of aryl methyl sites for hydroxylation is 2. The zero-order valence-corrected chi connectivity index (χ0v) is 18.8. The summed E-state index contributed by atoms with van der Waals surface area (Å²) in [7, 11) is -3.64. The first-order valence-electron chi connectivity index (χ1n) is 9.48. The summed E-state index contributed by atoms with van der Waals surface area (Å²) in [6.45, 7) is 6.03. The number of hydrazone groups is 1. The summed E-state index contributed by atoms with van der Waals surface area (Å²) in [6.07, 6.45) is 3.02. The molecule has 4 rings (SSSR count). The van der Waals surface area contributed by atoms with Gasteiger partial charge in [0.2, 0.25) is 10.0 Å². The second-order valence-electron chi connectivity index (χ2n) is 6.92. The van der Waals surface area contributed by atoms with Gasteiger partial charge in [0.25, 0.3) is 0 Å². The fourth-order valence-electron chi connectivity index (χ4n) is 3.01. The van der Waals surface area contributed by atoms with E-state index < -0.39 is 10.0 Å². The standard InChI is InChI=1S/C21H21N5O3S2/c1-13-15(3)30-21-19(13)20(22-12-23-21)26-25-14(2)16-6-8-18(9-7-16)31(27,28)24-11-17-5-4-10-29-17/h4-10,12,24H,11H2,1-3H3,(H,22,23,26). The molecule has 160 valence electrons. The van der Waals surface area contributed by atoms with Crippen LogP contribution in [0.2, 0.25) is 0 Å². The molecule has 0 aliphatic heterocycles. The van der Waals surface area contributed by atoms with Crippen molar-refractivity contribution in [1.29, 1.82) is 0 Å². The molecule has 0 aliphatic carbocycles. The van der Waals surface area contributed by atoms with Gasteiger partial charge in [0.1, 0.15) is 16.9 Å². The lowest BCUT2D eigenvalue weighted by molar-refractivity contribution is 0.498. The highest BCUT2D eigenvalue weighted by Crippen LogP contribution is 2.32. The van der Waals surface area contributed by atoms with Gasteiger partial charge in [0.05, 0.1) is 28.8 Å². The lowest BCUT2D eigenvalue weighted by atomic mass is 10.1. The predicted octanol–water partition coefficient (Wildman–Crippen LogP) is 4.22. The van der Waals surface area contributed by atoms with Gasteiger partial charge >= 0.3 is 0 Å². The maximum Gasteiger partial charge on any atom is 0.240 e. The minimum Gasteiger partial charge on any atom is -0.468 e. The van der Waals surface area contributed by atoms with Gasteiger partial charge in [-0.15, -0.1) is 11.3 Å². The fraction of sp³-hybridized carbons (Fsp3) is 0.190. The lowest BCUT2D eigenvalue weighted by Gasteiger charge is -2.07. The smallest absolute Gasteiger partial charge is 0.240 e. The SMILES string of the molecule is CC(=NNc1ncnc2sc(C)c(C)c12)c1ccc(S(=O)(=O)NCc2ccco2)cc1. The van der Waals surface area contributed by atoms with Crippen molar-refractivity contribution in [3.05, 3.63) is 70.8 Å². The van der Waals surface area contributed by atoms with Crippen molar-refractivity contribution in [2.24, 2.45) is 5.10 Å². The number of sulfonamides is 1. The molecule has 0 atom stereocenters. The lowest BCUT2D eigenvalue weighted by Crippen LogP contribution is -2.23. The van der Waals surface area contributed by atoms with Crippen LogP contribution in [-0.4, -0.2) is 24.1 Å². The molecule has 0 fully saturated rings. The number of nitrogens with one attached hydrogen (secondary N) is 2. The molecule has 0 aliphatic rings. The monoisotopic (exact) mass is 455 g/mol. The topological polar surface area (TPSA) is 109 Å². The molecule has 1 aromatic carbocycles. The molecule has 0 spiro atoms. The summed E-state index contributed by atoms with van der Waals surface area (Å²) < 4.78 is 32.6. The third kappa shape index (κ3) is 4.50. The Morgan fingerprint density at radius 3 is 2.65 bits per heavy atom. The van der Waals surface area contributed by atoms with Crippen LogP contribution in [0.15, 0.2) is 63.4 Å². The molecule has 31 heavy (non-hydrogen) atoms. The Morgan fingerprint density at radius 2 is 1.94 bits per heavy atom. The first-order valence-corrected chi connectivity index (χ1v) is 11.8. The second kappa shape index (κ2) is 8.58. The Bertz CT molecular complexity index is 1340. The Morgan fingerprint density at radius 1 is 1.16 bits per heavy atom. The summed E-state index contributed by atoms with van der Waals surface area (Å²) in [5.74, 6) is 1.19. The summed E-state index contributed by atoms with van der Waals surface area (Å²) in [4.78, 5) is 10.9. The normalized spacial score (nSPS) is 12.4. The van der Waals surface area contributed by atoms with Crippen molar-refractivity contribution in [2.75, 3.05) is 5.43 Å². The minimum atomic E-state index is -3.64. The summed E-state index contributed by atoms with van der Waals surface area (Å²) in [5.41, 5.74) is 5.65. The van der Waals surface area contributed by atoms with Gasteiger partial charge in [-0.3, -0.25) is 5.43 Å². The van der Waals surface area contributed by atoms with E-state index in [1.807, 2.05) is 13.8 Å². The third-order valence-electron chi connectivity index (χ3n) is 4.89. The van der Waals surface area contributed by atoms with Crippen molar-refractivity contribution in [3.63, 3.8) is 0 Å². The number of thiophene rings is 1. The van der Waals surface area contributed by atoms with Crippen molar-refractivity contribution in [2.45, 2.75) is 32.2 Å². The highest BCUT2D eigenvalue weighted by molar-refractivity contribution is 7.89. The van der Waals surface area contributed by atoms with Crippen LogP contribution in [0.5, 0.6) is 0 Å². The van der Waals surface area contributed by atoms with Crippen LogP contribution in [0.1, 0.15) is 28.7 Å². The number of hydrogen-bond donors (Lipinski definition) is 2. The van der Waals surface area contributed by atoms with Crippen molar-refractivity contribution in [3.8, 4) is 0 Å². The van der Waals surface area contributed by atoms with Crippen LogP contribution in [0.3, 0.4) is 0 Å². The van der Waals surface area contributed by atoms with E-state index in [0.29, 0.717) is 17.3 Å². The number of benzene rings is 1. The van der Waals surface area contributed by atoms with E-state index in [-0.39, 0.29) is 11.4 Å². The zero-order chi connectivity index (χ0) is 22.0. The quantitative estimate of drug-likeness (QED) is 0.319. The van der Waals surface area contributed by atoms with Crippen LogP contribution in [0.4, 0.5) is 5.82 Å². The Labute approximate surface area is 184 Å². The largest absolute Gasteiger partial charge is 0.468 e. The molecule has 0 saturated heterocycles. The predicted molar refractivity (Wildman–Crippen MR) is 122 cm³/mol. The van der Waals surface area contributed by atoms with Crippen LogP contribution in [0.25, 0.3) is 10.2 Å². The summed E-state index contributed by atoms with van der Waals surface area (Å²) in [5, 5.41) is 5.39. The van der Waals surface area contributed by atoms with Gasteiger partial charge in [0.15, 0.2) is 5.82 Å². The van der Waals surface area contributed by atoms with E-state index in [2.05, 4.69) is 32.1 Å². The van der Waals surface area contributed by atoms with E-state index in [9.17, 15) is 8.42 Å². The average molecular weight is 456 g/mol. The molecule has 0 bridgehead atoms. The Balaban J connectivity index is 1.49. The van der Waals surface area contributed by atoms with Crippen molar-refractivity contribution in [1.82, 2.24) is 14.7 Å². The van der Waals surface area contributed by atoms with Crippen molar-refractivity contribution < 1.29 is 12.8 Å². The van der Waals surface area contributed by atoms with Gasteiger partial charge < -0.3 is 4.42 Å². The van der Waals surface area contributed by atoms with E-state index in [4.69, 9.17) is 4.42 Å². The Kier molecular flexibility index (Phi) is 5.86. The highest BCUT2D eigenvalue weighted by atomic mass is 32.2. The average Bonchev–Trinajstić information content (AvgIpc) is 3.39. The van der Waals surface area contributed by atoms with Gasteiger partial charge in [-0.25, -0.2) is 23.1 Å². The van der Waals surface area contributed by atoms with E-state index in [1.54, 1.807) is 47.7 Å². The zero-order valence-electron chi connectivity index (χ0n) is 17.2. The highest BCUT2D eigenvalue weighted by Gasteiger charge is 2.15. The molecule has 10 heteroatoms. The number of nitrogens with zero attached hydrogens (tertiary/aromatic N) is 3. The Hall–Kier alpha value is -3.08. The number of furan rings is 1. The minimum absolute atomic E-state index is 0.0936. The molecular formula is C21H21N5O3S2. The molecule has 4 aromatic rings. The molecule has 0 unspecified atom stereocenters. The maximum absolute atomic E-state index is 12.5. The molecule has 0 amide bonds. The van der Waals surface area contributed by atoms with Gasteiger partial charge in [0, 0.05) is 4.88 Å². The third-order valence-corrected chi connectivity index (χ3v) is 7.43. The summed E-state index contributed by atoms with van der Waals surface area (Å²) in [6, 6.07) is 9.96. The van der Waals surface area contributed by atoms with Crippen LogP contribution >= 0.6 is 11.3 Å². The van der Waals surface area contributed by atoms with E-state index in [0.717, 1.165) is 21.3 Å². The number of anilines is 1. The molecule has 3 heterocycles. The maximum atomic E-state index is 12.5. The van der Waals surface area contributed by atoms with E-state index >= 15 is 0 Å². The van der Waals surface area contributed by atoms with Crippen LogP contribution in [0, 0.1) is 13.8 Å². The van der Waals surface area contributed by atoms with E-state index in [1.165, 1.54) is 17.5 Å². The number of fused-ring (bicyclic) bond motifs is 1. The van der Waals surface area contributed by atoms with Crippen LogP contribution < -0.4 is 10.1 Å². The molecule has 0 saturated carbocycles. The number of rotatable bonds is 7. The van der Waals surface area contributed by atoms with Crippen LogP contribution in [-0.2, 0) is 16.6 Å². The van der Waals surface area contributed by atoms with Gasteiger partial charge in [-0.1, -0.05) is 12.1 Å². The first kappa shape index (κ1) is 21.2. The molecule has 2 N–H and O–H groups in total. The second-order valence-corrected chi connectivity index (χ2v) is 9.89. The molecule has 0 radical (unpaired) electrons. The molecule has 3 aromatic heterocycles. The fourth-order valence-corrected chi connectivity index (χ4v) is 5.00. The number of aromatic nitrogens is 2. The van der Waals surface area contributed by atoms with Gasteiger partial charge in [-0.05, 0) is 56.2 Å². The summed E-state index contributed by atoms with van der Waals surface area (Å²) >= 11 is 1.62. The molecule has 8 nitrogen and oxygen atoms in total. The first-order chi connectivity index (χ1) is 14.8. The van der Waals surface area contributed by atoms with Crippen molar-refractivity contribution >= 4 is 43.1 Å². The number of hydrogen-bond acceptors (Lipinski definition) is 8. The molecular weight excluding hydrogens is 434 g/mol.